The number of amides is 1. The Hall–Kier alpha value is -3.77. The van der Waals surface area contributed by atoms with E-state index < -0.39 is 15.6 Å². The van der Waals surface area contributed by atoms with E-state index in [9.17, 15) is 13.2 Å². The van der Waals surface area contributed by atoms with Crippen molar-refractivity contribution in [2.24, 2.45) is 0 Å². The molecule has 6 rings (SSSR count). The van der Waals surface area contributed by atoms with Crippen molar-refractivity contribution in [1.29, 1.82) is 0 Å². The number of pyridine rings is 1. The summed E-state index contributed by atoms with van der Waals surface area (Å²) in [5.74, 6) is 1.07. The molecule has 1 aromatic carbocycles. The van der Waals surface area contributed by atoms with E-state index in [2.05, 4.69) is 43.5 Å². The molecule has 3 aromatic rings. The number of fused-ring (bicyclic) bond motifs is 3. The van der Waals surface area contributed by atoms with Gasteiger partial charge >= 0.3 is 0 Å². The Bertz CT molecular complexity index is 1560. The lowest BCUT2D eigenvalue weighted by Gasteiger charge is -2.35. The van der Waals surface area contributed by atoms with Crippen molar-refractivity contribution < 1.29 is 17.9 Å². The topological polar surface area (TPSA) is 130 Å². The normalized spacial score (nSPS) is 22.1. The molecule has 0 saturated carbocycles. The zero-order valence-corrected chi connectivity index (χ0v) is 22.4. The summed E-state index contributed by atoms with van der Waals surface area (Å²) in [6, 6.07) is 9.92. The first-order valence-electron chi connectivity index (χ1n) is 12.4. The van der Waals surface area contributed by atoms with Gasteiger partial charge in [-0.25, -0.2) is 23.4 Å². The van der Waals surface area contributed by atoms with E-state index in [1.165, 1.54) is 6.26 Å². The summed E-state index contributed by atoms with van der Waals surface area (Å²) >= 11 is 0. The summed E-state index contributed by atoms with van der Waals surface area (Å²) in [6.07, 6.45) is 5.46. The van der Waals surface area contributed by atoms with E-state index in [0.29, 0.717) is 36.3 Å². The lowest BCUT2D eigenvalue weighted by atomic mass is 10.1. The molecule has 2 aromatic heterocycles. The Morgan fingerprint density at radius 2 is 1.95 bits per heavy atom. The molecule has 3 aliphatic heterocycles. The summed E-state index contributed by atoms with van der Waals surface area (Å²) in [6.45, 7) is 6.70. The number of carbonyl (C=O) groups excluding carboxylic acids is 1. The molecular weight excluding hydrogens is 506 g/mol. The third-order valence-corrected chi connectivity index (χ3v) is 8.63. The Labute approximate surface area is 221 Å². The number of hydrogen-bond acceptors (Lipinski definition) is 9. The van der Waals surface area contributed by atoms with Gasteiger partial charge in [0, 0.05) is 54.5 Å². The number of sulfonamides is 1. The van der Waals surface area contributed by atoms with Crippen molar-refractivity contribution in [3.8, 4) is 17.0 Å². The maximum Gasteiger partial charge on any atom is 0.269 e. The molecule has 2 bridgehead atoms. The highest BCUT2D eigenvalue weighted by Crippen LogP contribution is 2.38. The summed E-state index contributed by atoms with van der Waals surface area (Å²) in [5, 5.41) is 6.05. The van der Waals surface area contributed by atoms with Crippen LogP contribution in [-0.4, -0.2) is 70.6 Å². The van der Waals surface area contributed by atoms with Crippen LogP contribution in [0.3, 0.4) is 0 Å². The Kier molecular flexibility index (Phi) is 5.58. The molecule has 3 aliphatic rings. The van der Waals surface area contributed by atoms with E-state index in [-0.39, 0.29) is 18.0 Å². The number of benzene rings is 1. The zero-order valence-electron chi connectivity index (χ0n) is 21.6. The van der Waals surface area contributed by atoms with Gasteiger partial charge < -0.3 is 20.3 Å². The summed E-state index contributed by atoms with van der Waals surface area (Å²) < 4.78 is 31.5. The van der Waals surface area contributed by atoms with Crippen LogP contribution in [0.25, 0.3) is 11.3 Å². The van der Waals surface area contributed by atoms with Crippen LogP contribution in [0, 0.1) is 6.92 Å². The molecule has 38 heavy (non-hydrogen) atoms. The molecule has 2 atom stereocenters. The predicted octanol–water partition coefficient (Wildman–Crippen LogP) is 2.92. The van der Waals surface area contributed by atoms with Crippen molar-refractivity contribution in [3.05, 3.63) is 48.3 Å². The molecule has 2 saturated heterocycles. The molecule has 0 aliphatic carbocycles. The third-order valence-electron chi connectivity index (χ3n) is 7.33. The van der Waals surface area contributed by atoms with Gasteiger partial charge in [0.15, 0.2) is 17.2 Å². The van der Waals surface area contributed by atoms with Crippen LogP contribution in [0.2, 0.25) is 0 Å². The SMILES string of the molecule is Cc1cc(Nc2nccc(-c3cnc4c(c3)OC(C)(C)C(=O)N4)n2)ccc1N1C[C@@H]2C[C@H]1CN2S(C)(=O)=O. The Morgan fingerprint density at radius 1 is 1.13 bits per heavy atom. The maximum absolute atomic E-state index is 12.1. The van der Waals surface area contributed by atoms with Gasteiger partial charge in [-0.3, -0.25) is 4.79 Å². The third kappa shape index (κ3) is 4.33. The van der Waals surface area contributed by atoms with E-state index >= 15 is 0 Å². The second-order valence-corrected chi connectivity index (χ2v) is 12.5. The van der Waals surface area contributed by atoms with Gasteiger partial charge in [0.05, 0.1) is 11.9 Å². The quantitative estimate of drug-likeness (QED) is 0.506. The van der Waals surface area contributed by atoms with Crippen molar-refractivity contribution >= 4 is 39.1 Å². The maximum atomic E-state index is 12.1. The molecule has 0 spiro atoms. The van der Waals surface area contributed by atoms with E-state index in [1.54, 1.807) is 36.6 Å². The van der Waals surface area contributed by atoms with E-state index in [0.717, 1.165) is 28.9 Å². The fourth-order valence-corrected chi connectivity index (χ4v) is 6.57. The highest BCUT2D eigenvalue weighted by Gasteiger charge is 2.47. The molecule has 5 heterocycles. The molecule has 1 amide bonds. The number of aryl methyl sites for hydroxylation is 1. The first-order valence-corrected chi connectivity index (χ1v) is 14.3. The number of piperazine rings is 1. The van der Waals surface area contributed by atoms with Gasteiger partial charge in [-0.1, -0.05) is 0 Å². The van der Waals surface area contributed by atoms with Gasteiger partial charge in [0.1, 0.15) is 0 Å². The molecule has 11 nitrogen and oxygen atoms in total. The highest BCUT2D eigenvalue weighted by molar-refractivity contribution is 7.88. The van der Waals surface area contributed by atoms with Crippen LogP contribution in [0.5, 0.6) is 5.75 Å². The van der Waals surface area contributed by atoms with Crippen molar-refractivity contribution in [1.82, 2.24) is 19.3 Å². The standard InChI is InChI=1S/C26H29N7O4S/c1-15-9-17(5-6-21(15)32-13-19-11-18(32)14-33(19)38(4,35)36)29-25-27-8-7-20(30-25)16-10-22-23(28-12-16)31-24(34)26(2,3)37-22/h5-10,12,18-19H,11,13-14H2,1-4H3,(H,27,29,30)(H,28,31,34)/t18-,19-/m0/s1. The minimum Gasteiger partial charge on any atom is -0.474 e. The first-order chi connectivity index (χ1) is 18.0. The van der Waals surface area contributed by atoms with Crippen molar-refractivity contribution in [3.63, 3.8) is 0 Å². The fraction of sp³-hybridized carbons (Fsp3) is 0.385. The minimum absolute atomic E-state index is 0.0363. The van der Waals surface area contributed by atoms with Gasteiger partial charge in [0.25, 0.3) is 5.91 Å². The number of carbonyl (C=O) groups is 1. The Balaban J connectivity index is 1.19. The molecule has 198 valence electrons. The Morgan fingerprint density at radius 3 is 2.66 bits per heavy atom. The number of nitrogens with zero attached hydrogens (tertiary/aromatic N) is 5. The van der Waals surface area contributed by atoms with Crippen LogP contribution in [0.15, 0.2) is 42.7 Å². The number of anilines is 4. The van der Waals surface area contributed by atoms with Crippen LogP contribution in [0.4, 0.5) is 23.1 Å². The number of rotatable bonds is 5. The van der Waals surface area contributed by atoms with Crippen LogP contribution < -0.4 is 20.3 Å². The molecule has 0 radical (unpaired) electrons. The van der Waals surface area contributed by atoms with Crippen LogP contribution in [0.1, 0.15) is 25.8 Å². The second kappa shape index (κ2) is 8.63. The van der Waals surface area contributed by atoms with Crippen LogP contribution in [-0.2, 0) is 14.8 Å². The van der Waals surface area contributed by atoms with E-state index in [4.69, 9.17) is 4.74 Å². The number of nitrogens with one attached hydrogen (secondary N) is 2. The van der Waals surface area contributed by atoms with Crippen LogP contribution >= 0.6 is 0 Å². The van der Waals surface area contributed by atoms with E-state index in [1.807, 2.05) is 18.2 Å². The largest absolute Gasteiger partial charge is 0.474 e. The predicted molar refractivity (Wildman–Crippen MR) is 144 cm³/mol. The first kappa shape index (κ1) is 24.6. The molecule has 2 fully saturated rings. The lowest BCUT2D eigenvalue weighted by molar-refractivity contribution is -0.129. The molecule has 12 heteroatoms. The number of ether oxygens (including phenoxy) is 1. The van der Waals surface area contributed by atoms with Gasteiger partial charge in [-0.15, -0.1) is 0 Å². The van der Waals surface area contributed by atoms with Gasteiger partial charge in [-0.2, -0.15) is 4.31 Å². The van der Waals surface area contributed by atoms with Crippen molar-refractivity contribution in [2.45, 2.75) is 44.9 Å². The smallest absolute Gasteiger partial charge is 0.269 e. The minimum atomic E-state index is -3.17. The zero-order chi connectivity index (χ0) is 26.8. The fourth-order valence-electron chi connectivity index (χ4n) is 5.43. The average molecular weight is 536 g/mol. The summed E-state index contributed by atoms with van der Waals surface area (Å²) in [7, 11) is -3.17. The van der Waals surface area contributed by atoms with Crippen molar-refractivity contribution in [2.75, 3.05) is 34.9 Å². The summed E-state index contributed by atoms with van der Waals surface area (Å²) in [5.41, 5.74) is 3.46. The lowest BCUT2D eigenvalue weighted by Crippen LogP contribution is -2.48. The second-order valence-electron chi connectivity index (χ2n) is 10.6. The molecular formula is C26H29N7O4S. The highest BCUT2D eigenvalue weighted by atomic mass is 32.2. The number of hydrogen-bond donors (Lipinski definition) is 2. The molecule has 0 unspecified atom stereocenters. The van der Waals surface area contributed by atoms with Gasteiger partial charge in [0.2, 0.25) is 16.0 Å². The monoisotopic (exact) mass is 535 g/mol. The average Bonchev–Trinajstić information content (AvgIpc) is 3.46. The molecule has 2 N–H and O–H groups in total. The summed E-state index contributed by atoms with van der Waals surface area (Å²) in [4.78, 5) is 27.8. The van der Waals surface area contributed by atoms with Gasteiger partial charge in [-0.05, 0) is 63.1 Å². The number of aromatic nitrogens is 3.